The normalized spacial score (nSPS) is 18.6. The second-order valence-electron chi connectivity index (χ2n) is 8.37. The van der Waals surface area contributed by atoms with Gasteiger partial charge in [-0.15, -0.1) is 0 Å². The van der Waals surface area contributed by atoms with Crippen molar-refractivity contribution in [3.63, 3.8) is 0 Å². The number of halogens is 1. The first-order valence-electron chi connectivity index (χ1n) is 10.9. The second kappa shape index (κ2) is 9.40. The Hall–Kier alpha value is -2.40. The van der Waals surface area contributed by atoms with Crippen molar-refractivity contribution < 1.29 is 14.1 Å². The highest BCUT2D eigenvalue weighted by atomic mass is 19.1. The molecule has 1 heterocycles. The Morgan fingerprint density at radius 2 is 1.69 bits per heavy atom. The molecule has 1 aliphatic carbocycles. The molecule has 154 valence electrons. The summed E-state index contributed by atoms with van der Waals surface area (Å²) < 4.78 is 14.0. The van der Waals surface area contributed by atoms with Gasteiger partial charge in [-0.05, 0) is 48.6 Å². The molecule has 4 nitrogen and oxygen atoms in total. The topological polar surface area (TPSA) is 36.8 Å². The lowest BCUT2D eigenvalue weighted by molar-refractivity contribution is -0.892. The van der Waals surface area contributed by atoms with Gasteiger partial charge in [-0.1, -0.05) is 43.5 Å². The summed E-state index contributed by atoms with van der Waals surface area (Å²) in [6, 6.07) is 15.3. The molecule has 1 aliphatic heterocycles. The smallest absolute Gasteiger partial charge is 0.279 e. The van der Waals surface area contributed by atoms with E-state index in [1.54, 1.807) is 6.07 Å². The first-order valence-corrected chi connectivity index (χ1v) is 10.9. The van der Waals surface area contributed by atoms with E-state index in [-0.39, 0.29) is 11.7 Å². The number of piperazine rings is 1. The zero-order valence-electron chi connectivity index (χ0n) is 17.0. The third-order valence-corrected chi connectivity index (χ3v) is 6.35. The van der Waals surface area contributed by atoms with Crippen LogP contribution in [0.25, 0.3) is 0 Å². The Balaban J connectivity index is 1.24. The molecule has 2 aromatic carbocycles. The molecule has 2 aromatic rings. The second-order valence-corrected chi connectivity index (χ2v) is 8.37. The molecule has 1 amide bonds. The quantitative estimate of drug-likeness (QED) is 0.814. The third kappa shape index (κ3) is 5.15. The van der Waals surface area contributed by atoms with Gasteiger partial charge >= 0.3 is 0 Å². The van der Waals surface area contributed by atoms with E-state index in [9.17, 15) is 9.18 Å². The fourth-order valence-corrected chi connectivity index (χ4v) is 4.66. The summed E-state index contributed by atoms with van der Waals surface area (Å²) in [6.45, 7) is 3.65. The first kappa shape index (κ1) is 19.9. The molecule has 0 atom stereocenters. The molecule has 4 rings (SSSR count). The number of hydrogen-bond donors (Lipinski definition) is 2. The number of benzene rings is 2. The molecule has 0 radical (unpaired) electrons. The van der Waals surface area contributed by atoms with Crippen molar-refractivity contribution in [2.45, 2.75) is 38.0 Å². The van der Waals surface area contributed by atoms with E-state index in [4.69, 9.17) is 0 Å². The van der Waals surface area contributed by atoms with Crippen molar-refractivity contribution in [1.82, 2.24) is 0 Å². The molecular formula is C24H31FN3O+. The SMILES string of the molecule is O=C(C[NH+]1CCN(c2ccccc2F)CC1)Nc1ccc(C2CCCCC2)cc1. The van der Waals surface area contributed by atoms with Crippen LogP contribution < -0.4 is 15.1 Å². The molecule has 1 saturated carbocycles. The summed E-state index contributed by atoms with van der Waals surface area (Å²) >= 11 is 0. The van der Waals surface area contributed by atoms with Crippen LogP contribution >= 0.6 is 0 Å². The predicted octanol–water partition coefficient (Wildman–Crippen LogP) is 3.22. The van der Waals surface area contributed by atoms with Gasteiger partial charge in [0.1, 0.15) is 5.82 Å². The highest BCUT2D eigenvalue weighted by Gasteiger charge is 2.24. The van der Waals surface area contributed by atoms with Crippen molar-refractivity contribution in [2.24, 2.45) is 0 Å². The Labute approximate surface area is 172 Å². The minimum atomic E-state index is -0.176. The fraction of sp³-hybridized carbons (Fsp3) is 0.458. The van der Waals surface area contributed by atoms with Crippen LogP contribution in [0.4, 0.5) is 15.8 Å². The molecule has 0 aromatic heterocycles. The Bertz CT molecular complexity index is 809. The van der Waals surface area contributed by atoms with Crippen LogP contribution in [0.5, 0.6) is 0 Å². The zero-order chi connectivity index (χ0) is 20.1. The number of carbonyl (C=O) groups excluding carboxylic acids is 1. The third-order valence-electron chi connectivity index (χ3n) is 6.35. The lowest BCUT2D eigenvalue weighted by Crippen LogP contribution is -3.15. The molecular weight excluding hydrogens is 365 g/mol. The maximum absolute atomic E-state index is 14.0. The van der Waals surface area contributed by atoms with Gasteiger partial charge in [0, 0.05) is 5.69 Å². The van der Waals surface area contributed by atoms with E-state index in [2.05, 4.69) is 22.3 Å². The number of nitrogens with one attached hydrogen (secondary N) is 2. The minimum Gasteiger partial charge on any atom is -0.358 e. The van der Waals surface area contributed by atoms with Crippen molar-refractivity contribution in [2.75, 3.05) is 42.9 Å². The standard InChI is InChI=1S/C24H30FN3O/c25-22-8-4-5-9-23(22)28-16-14-27(15-17-28)18-24(29)26-21-12-10-20(11-13-21)19-6-2-1-3-7-19/h4-5,8-13,19H,1-3,6-7,14-18H2,(H,26,29)/p+1. The van der Waals surface area contributed by atoms with Crippen LogP contribution in [0, 0.1) is 5.82 Å². The van der Waals surface area contributed by atoms with E-state index >= 15 is 0 Å². The average Bonchev–Trinajstić information content (AvgIpc) is 2.76. The van der Waals surface area contributed by atoms with Crippen molar-refractivity contribution in [1.29, 1.82) is 0 Å². The average molecular weight is 397 g/mol. The summed E-state index contributed by atoms with van der Waals surface area (Å²) in [5.74, 6) is 0.554. The summed E-state index contributed by atoms with van der Waals surface area (Å²) in [7, 11) is 0. The van der Waals surface area contributed by atoms with Crippen LogP contribution in [0.2, 0.25) is 0 Å². The summed E-state index contributed by atoms with van der Waals surface area (Å²) in [5, 5.41) is 3.04. The van der Waals surface area contributed by atoms with E-state index in [0.717, 1.165) is 31.9 Å². The van der Waals surface area contributed by atoms with E-state index in [1.807, 2.05) is 24.3 Å². The minimum absolute atomic E-state index is 0.0461. The maximum Gasteiger partial charge on any atom is 0.279 e. The van der Waals surface area contributed by atoms with Gasteiger partial charge in [-0.2, -0.15) is 0 Å². The first-order chi connectivity index (χ1) is 14.2. The van der Waals surface area contributed by atoms with Gasteiger partial charge in [0.2, 0.25) is 0 Å². The molecule has 0 unspecified atom stereocenters. The Morgan fingerprint density at radius 1 is 1.00 bits per heavy atom. The molecule has 5 heteroatoms. The number of nitrogens with zero attached hydrogens (tertiary/aromatic N) is 1. The molecule has 0 bridgehead atoms. The lowest BCUT2D eigenvalue weighted by atomic mass is 9.84. The number of hydrogen-bond acceptors (Lipinski definition) is 2. The number of para-hydroxylation sites is 1. The summed E-state index contributed by atoms with van der Waals surface area (Å²) in [6.07, 6.45) is 6.59. The highest BCUT2D eigenvalue weighted by Crippen LogP contribution is 2.32. The Kier molecular flexibility index (Phi) is 6.45. The molecule has 29 heavy (non-hydrogen) atoms. The fourth-order valence-electron chi connectivity index (χ4n) is 4.66. The molecule has 0 spiro atoms. The van der Waals surface area contributed by atoms with E-state index in [1.165, 1.54) is 48.6 Å². The van der Waals surface area contributed by atoms with Crippen molar-refractivity contribution in [3.8, 4) is 0 Å². The molecule has 1 saturated heterocycles. The van der Waals surface area contributed by atoms with Gasteiger partial charge in [0.05, 0.1) is 31.9 Å². The summed E-state index contributed by atoms with van der Waals surface area (Å²) in [4.78, 5) is 15.8. The maximum atomic E-state index is 14.0. The molecule has 2 aliphatic rings. The monoisotopic (exact) mass is 396 g/mol. The molecule has 2 N–H and O–H groups in total. The predicted molar refractivity (Wildman–Crippen MR) is 115 cm³/mol. The van der Waals surface area contributed by atoms with Crippen molar-refractivity contribution >= 4 is 17.3 Å². The number of amides is 1. The summed E-state index contributed by atoms with van der Waals surface area (Å²) in [5.41, 5.74) is 2.94. The lowest BCUT2D eigenvalue weighted by Gasteiger charge is -2.33. The van der Waals surface area contributed by atoms with E-state index < -0.39 is 0 Å². The number of rotatable bonds is 5. The Morgan fingerprint density at radius 3 is 2.38 bits per heavy atom. The van der Waals surface area contributed by atoms with Crippen LogP contribution in [0.1, 0.15) is 43.6 Å². The molecule has 2 fully saturated rings. The van der Waals surface area contributed by atoms with Gasteiger partial charge < -0.3 is 15.1 Å². The zero-order valence-corrected chi connectivity index (χ0v) is 17.0. The van der Waals surface area contributed by atoms with Gasteiger partial charge in [0.25, 0.3) is 5.91 Å². The van der Waals surface area contributed by atoms with Gasteiger partial charge in [0.15, 0.2) is 6.54 Å². The van der Waals surface area contributed by atoms with Crippen LogP contribution in [-0.2, 0) is 4.79 Å². The van der Waals surface area contributed by atoms with Crippen LogP contribution in [-0.4, -0.2) is 38.6 Å². The van der Waals surface area contributed by atoms with E-state index in [0.29, 0.717) is 18.2 Å². The largest absolute Gasteiger partial charge is 0.358 e. The van der Waals surface area contributed by atoms with Gasteiger partial charge in [-0.3, -0.25) is 4.79 Å². The number of carbonyl (C=O) groups is 1. The van der Waals surface area contributed by atoms with Crippen LogP contribution in [0.3, 0.4) is 0 Å². The van der Waals surface area contributed by atoms with Gasteiger partial charge in [-0.25, -0.2) is 4.39 Å². The van der Waals surface area contributed by atoms with Crippen molar-refractivity contribution in [3.05, 3.63) is 59.9 Å². The number of anilines is 2. The number of quaternary nitrogens is 1. The van der Waals surface area contributed by atoms with Crippen LogP contribution in [0.15, 0.2) is 48.5 Å². The highest BCUT2D eigenvalue weighted by molar-refractivity contribution is 5.91.